The summed E-state index contributed by atoms with van der Waals surface area (Å²) < 4.78 is 4.50. The summed E-state index contributed by atoms with van der Waals surface area (Å²) in [6, 6.07) is 0. The third-order valence-corrected chi connectivity index (χ3v) is 2.04. The summed E-state index contributed by atoms with van der Waals surface area (Å²) in [6.45, 7) is 0.358. The molecular formula is C8H11NO4. The number of amides is 1. The third kappa shape index (κ3) is 2.05. The molecule has 0 aliphatic carbocycles. The summed E-state index contributed by atoms with van der Waals surface area (Å²) in [5.74, 6) is -0.957. The van der Waals surface area contributed by atoms with Gasteiger partial charge in [-0.2, -0.15) is 0 Å². The van der Waals surface area contributed by atoms with Crippen LogP contribution in [0.1, 0.15) is 6.42 Å². The summed E-state index contributed by atoms with van der Waals surface area (Å²) in [5, 5.41) is 0. The fourth-order valence-electron chi connectivity index (χ4n) is 1.36. The maximum absolute atomic E-state index is 11.2. The highest BCUT2D eigenvalue weighted by Gasteiger charge is 2.34. The molecule has 1 amide bonds. The standard InChI is InChI=1S/C8H11NO4/c1-13-8(12)6-4-7(11)9(5-6)2-3-10/h3,6H,2,4-5H2,1H3. The predicted octanol–water partition coefficient (Wildman–Crippen LogP) is -0.793. The van der Waals surface area contributed by atoms with Gasteiger partial charge in [-0.1, -0.05) is 0 Å². The Bertz CT molecular complexity index is 238. The van der Waals surface area contributed by atoms with Crippen LogP contribution in [-0.4, -0.2) is 43.3 Å². The van der Waals surface area contributed by atoms with Gasteiger partial charge in [-0.25, -0.2) is 0 Å². The average molecular weight is 185 g/mol. The molecule has 1 atom stereocenters. The van der Waals surface area contributed by atoms with Crippen molar-refractivity contribution in [1.29, 1.82) is 0 Å². The van der Waals surface area contributed by atoms with Gasteiger partial charge in [0, 0.05) is 13.0 Å². The van der Waals surface area contributed by atoms with Gasteiger partial charge < -0.3 is 14.4 Å². The van der Waals surface area contributed by atoms with Crippen LogP contribution in [-0.2, 0) is 19.1 Å². The molecule has 0 spiro atoms. The largest absolute Gasteiger partial charge is 0.469 e. The van der Waals surface area contributed by atoms with Crippen molar-refractivity contribution in [3.8, 4) is 0 Å². The molecule has 0 radical (unpaired) electrons. The molecule has 0 N–H and O–H groups in total. The maximum Gasteiger partial charge on any atom is 0.310 e. The summed E-state index contributed by atoms with van der Waals surface area (Å²) >= 11 is 0. The monoisotopic (exact) mass is 185 g/mol. The Hall–Kier alpha value is -1.39. The molecule has 1 aliphatic rings. The smallest absolute Gasteiger partial charge is 0.310 e. The van der Waals surface area contributed by atoms with E-state index in [0.717, 1.165) is 0 Å². The zero-order valence-electron chi connectivity index (χ0n) is 7.36. The van der Waals surface area contributed by atoms with Crippen LogP contribution >= 0.6 is 0 Å². The molecule has 13 heavy (non-hydrogen) atoms. The van der Waals surface area contributed by atoms with Gasteiger partial charge in [0.05, 0.1) is 19.6 Å². The molecule has 0 aromatic heterocycles. The van der Waals surface area contributed by atoms with Crippen molar-refractivity contribution in [2.75, 3.05) is 20.2 Å². The zero-order chi connectivity index (χ0) is 9.84. The molecule has 1 unspecified atom stereocenters. The number of esters is 1. The second-order valence-corrected chi connectivity index (χ2v) is 2.89. The summed E-state index contributed by atoms with van der Waals surface area (Å²) in [4.78, 5) is 33.7. The van der Waals surface area contributed by atoms with Gasteiger partial charge in [0.25, 0.3) is 0 Å². The fraction of sp³-hybridized carbons (Fsp3) is 0.625. The highest BCUT2D eigenvalue weighted by molar-refractivity contribution is 5.87. The molecule has 72 valence electrons. The van der Waals surface area contributed by atoms with E-state index in [4.69, 9.17) is 0 Å². The van der Waals surface area contributed by atoms with E-state index in [-0.39, 0.29) is 24.8 Å². The van der Waals surface area contributed by atoms with Gasteiger partial charge in [0.2, 0.25) is 5.91 Å². The number of methoxy groups -OCH3 is 1. The average Bonchev–Trinajstić information content (AvgIpc) is 2.47. The van der Waals surface area contributed by atoms with E-state index in [0.29, 0.717) is 12.8 Å². The number of nitrogens with zero attached hydrogens (tertiary/aromatic N) is 1. The van der Waals surface area contributed by atoms with Crippen molar-refractivity contribution in [2.45, 2.75) is 6.42 Å². The maximum atomic E-state index is 11.2. The van der Waals surface area contributed by atoms with Crippen LogP contribution in [0.2, 0.25) is 0 Å². The number of carbonyl (C=O) groups excluding carboxylic acids is 3. The molecule has 1 rings (SSSR count). The van der Waals surface area contributed by atoms with Crippen molar-refractivity contribution in [2.24, 2.45) is 5.92 Å². The molecule has 5 nitrogen and oxygen atoms in total. The molecular weight excluding hydrogens is 174 g/mol. The second kappa shape index (κ2) is 4.02. The molecule has 5 heteroatoms. The van der Waals surface area contributed by atoms with Crippen LogP contribution in [0.15, 0.2) is 0 Å². The summed E-state index contributed by atoms with van der Waals surface area (Å²) in [7, 11) is 1.29. The van der Waals surface area contributed by atoms with Gasteiger partial charge in [-0.15, -0.1) is 0 Å². The van der Waals surface area contributed by atoms with E-state index in [1.165, 1.54) is 12.0 Å². The van der Waals surface area contributed by atoms with E-state index >= 15 is 0 Å². The van der Waals surface area contributed by atoms with Crippen molar-refractivity contribution in [1.82, 2.24) is 4.90 Å². The minimum absolute atomic E-state index is 0.0618. The molecule has 0 aromatic rings. The number of likely N-dealkylation sites (tertiary alicyclic amines) is 1. The predicted molar refractivity (Wildman–Crippen MR) is 42.8 cm³/mol. The quantitative estimate of drug-likeness (QED) is 0.427. The fourth-order valence-corrected chi connectivity index (χ4v) is 1.36. The lowest BCUT2D eigenvalue weighted by Crippen LogP contribution is -2.28. The van der Waals surface area contributed by atoms with E-state index < -0.39 is 5.92 Å². The Morgan fingerprint density at radius 3 is 3.00 bits per heavy atom. The number of ether oxygens (including phenoxy) is 1. The van der Waals surface area contributed by atoms with E-state index in [1.807, 2.05) is 0 Å². The summed E-state index contributed by atoms with van der Waals surface area (Å²) in [5.41, 5.74) is 0. The molecule has 1 heterocycles. The molecule has 0 aromatic carbocycles. The Morgan fingerprint density at radius 2 is 2.46 bits per heavy atom. The van der Waals surface area contributed by atoms with Crippen molar-refractivity contribution >= 4 is 18.2 Å². The van der Waals surface area contributed by atoms with Gasteiger partial charge >= 0.3 is 5.97 Å². The Balaban J connectivity index is 2.54. The molecule has 1 aliphatic heterocycles. The molecule has 0 saturated carbocycles. The highest BCUT2D eigenvalue weighted by Crippen LogP contribution is 2.17. The molecule has 1 saturated heterocycles. The lowest BCUT2D eigenvalue weighted by molar-refractivity contribution is -0.145. The molecule has 0 bridgehead atoms. The van der Waals surface area contributed by atoms with Gasteiger partial charge in [0.15, 0.2) is 0 Å². The van der Waals surface area contributed by atoms with Crippen LogP contribution in [0.4, 0.5) is 0 Å². The number of rotatable bonds is 3. The van der Waals surface area contributed by atoms with E-state index in [1.54, 1.807) is 0 Å². The van der Waals surface area contributed by atoms with Gasteiger partial charge in [0.1, 0.15) is 6.29 Å². The molecule has 1 fully saturated rings. The van der Waals surface area contributed by atoms with E-state index in [2.05, 4.69) is 4.74 Å². The normalized spacial score (nSPS) is 21.8. The van der Waals surface area contributed by atoms with E-state index in [9.17, 15) is 14.4 Å². The first-order valence-electron chi connectivity index (χ1n) is 3.98. The Labute approximate surface area is 75.6 Å². The van der Waals surface area contributed by atoms with Crippen LogP contribution in [0.3, 0.4) is 0 Å². The Morgan fingerprint density at radius 1 is 1.77 bits per heavy atom. The number of aldehydes is 1. The third-order valence-electron chi connectivity index (χ3n) is 2.04. The van der Waals surface area contributed by atoms with Gasteiger partial charge in [-0.3, -0.25) is 9.59 Å². The topological polar surface area (TPSA) is 63.7 Å². The van der Waals surface area contributed by atoms with Crippen LogP contribution < -0.4 is 0 Å². The first-order valence-corrected chi connectivity index (χ1v) is 3.98. The van der Waals surface area contributed by atoms with Gasteiger partial charge in [-0.05, 0) is 0 Å². The van der Waals surface area contributed by atoms with Crippen LogP contribution in [0, 0.1) is 5.92 Å². The SMILES string of the molecule is COC(=O)C1CC(=O)N(CC=O)C1. The Kier molecular flexibility index (Phi) is 3.00. The van der Waals surface area contributed by atoms with Crippen LogP contribution in [0.25, 0.3) is 0 Å². The zero-order valence-corrected chi connectivity index (χ0v) is 7.36. The van der Waals surface area contributed by atoms with Crippen molar-refractivity contribution in [3.63, 3.8) is 0 Å². The first kappa shape index (κ1) is 9.70. The second-order valence-electron chi connectivity index (χ2n) is 2.89. The number of hydrogen-bond donors (Lipinski definition) is 0. The number of hydrogen-bond acceptors (Lipinski definition) is 4. The minimum atomic E-state index is -0.405. The van der Waals surface area contributed by atoms with Crippen LogP contribution in [0.5, 0.6) is 0 Å². The first-order chi connectivity index (χ1) is 6.19. The lowest BCUT2D eigenvalue weighted by Gasteiger charge is -2.11. The van der Waals surface area contributed by atoms with Crippen molar-refractivity contribution in [3.05, 3.63) is 0 Å². The number of carbonyl (C=O) groups is 3. The minimum Gasteiger partial charge on any atom is -0.469 e. The lowest BCUT2D eigenvalue weighted by atomic mass is 10.1. The highest BCUT2D eigenvalue weighted by atomic mass is 16.5. The summed E-state index contributed by atoms with van der Waals surface area (Å²) in [6.07, 6.45) is 0.804. The van der Waals surface area contributed by atoms with Crippen molar-refractivity contribution < 1.29 is 19.1 Å².